The standard InChI is InChI=1S/C21H25F5N4O2S/c1-27-19(31)14-11-33-18-15(21(24,25)26)10-16(28-17(14)18)30-5-2-13(3-6-30)32-9-8-29-7-4-20(22,23)12-29/h10-11,13H,2-9,12H2,1H3,(H,27,31). The number of nitrogens with zero attached hydrogens (tertiary/aromatic N) is 3. The zero-order valence-corrected chi connectivity index (χ0v) is 18.9. The molecule has 4 heterocycles. The van der Waals surface area contributed by atoms with E-state index in [2.05, 4.69) is 10.3 Å². The van der Waals surface area contributed by atoms with Gasteiger partial charge in [0.05, 0.1) is 40.6 Å². The van der Waals surface area contributed by atoms with Crippen molar-refractivity contribution in [2.45, 2.75) is 37.5 Å². The van der Waals surface area contributed by atoms with Crippen LogP contribution in [0.3, 0.4) is 0 Å². The molecule has 2 aromatic heterocycles. The fraction of sp³-hybridized carbons (Fsp3) is 0.619. The zero-order chi connectivity index (χ0) is 23.8. The van der Waals surface area contributed by atoms with E-state index in [-0.39, 0.29) is 40.7 Å². The summed E-state index contributed by atoms with van der Waals surface area (Å²) in [6, 6.07) is 1.04. The molecule has 33 heavy (non-hydrogen) atoms. The number of hydrogen-bond acceptors (Lipinski definition) is 6. The molecule has 2 aliphatic rings. The minimum absolute atomic E-state index is 0.0463. The number of nitrogens with one attached hydrogen (secondary N) is 1. The van der Waals surface area contributed by atoms with Crippen molar-refractivity contribution in [1.29, 1.82) is 0 Å². The Bertz CT molecular complexity index is 1000. The molecule has 0 aliphatic carbocycles. The van der Waals surface area contributed by atoms with E-state index in [1.54, 1.807) is 9.80 Å². The number of amides is 1. The molecule has 0 bridgehead atoms. The first-order chi connectivity index (χ1) is 15.6. The number of alkyl halides is 5. The van der Waals surface area contributed by atoms with Crippen molar-refractivity contribution >= 4 is 33.3 Å². The molecule has 2 aromatic rings. The van der Waals surface area contributed by atoms with E-state index in [1.165, 1.54) is 12.4 Å². The van der Waals surface area contributed by atoms with Crippen LogP contribution >= 0.6 is 11.3 Å². The number of likely N-dealkylation sites (tertiary alicyclic amines) is 1. The third-order valence-electron chi connectivity index (χ3n) is 6.06. The van der Waals surface area contributed by atoms with Crippen molar-refractivity contribution in [3.05, 3.63) is 22.6 Å². The first-order valence-electron chi connectivity index (χ1n) is 10.8. The van der Waals surface area contributed by atoms with Gasteiger partial charge in [0, 0.05) is 45.0 Å². The monoisotopic (exact) mass is 492 g/mol. The van der Waals surface area contributed by atoms with Crippen molar-refractivity contribution in [1.82, 2.24) is 15.2 Å². The van der Waals surface area contributed by atoms with E-state index in [0.29, 0.717) is 45.6 Å². The van der Waals surface area contributed by atoms with Crippen LogP contribution in [0.1, 0.15) is 35.2 Å². The Morgan fingerprint density at radius 1 is 1.30 bits per heavy atom. The largest absolute Gasteiger partial charge is 0.417 e. The number of ether oxygens (including phenoxy) is 1. The lowest BCUT2D eigenvalue weighted by atomic mass is 10.1. The van der Waals surface area contributed by atoms with Gasteiger partial charge < -0.3 is 15.0 Å². The highest BCUT2D eigenvalue weighted by molar-refractivity contribution is 7.17. The summed E-state index contributed by atoms with van der Waals surface area (Å²) in [4.78, 5) is 20.0. The van der Waals surface area contributed by atoms with Crippen LogP contribution in [0, 0.1) is 0 Å². The van der Waals surface area contributed by atoms with Gasteiger partial charge in [0.25, 0.3) is 11.8 Å². The van der Waals surface area contributed by atoms with Crippen LogP contribution < -0.4 is 10.2 Å². The van der Waals surface area contributed by atoms with Crippen LogP contribution in [0.2, 0.25) is 0 Å². The summed E-state index contributed by atoms with van der Waals surface area (Å²) in [6.07, 6.45) is -3.62. The van der Waals surface area contributed by atoms with Gasteiger partial charge >= 0.3 is 6.18 Å². The van der Waals surface area contributed by atoms with E-state index in [4.69, 9.17) is 4.74 Å². The molecule has 2 fully saturated rings. The lowest BCUT2D eigenvalue weighted by Gasteiger charge is -2.33. The van der Waals surface area contributed by atoms with Crippen LogP contribution in [-0.4, -0.2) is 74.2 Å². The number of hydrogen-bond donors (Lipinski definition) is 1. The normalized spacial score (nSPS) is 20.0. The molecule has 4 rings (SSSR count). The number of carbonyl (C=O) groups is 1. The van der Waals surface area contributed by atoms with Crippen LogP contribution in [0.25, 0.3) is 10.2 Å². The summed E-state index contributed by atoms with van der Waals surface area (Å²) in [5, 5.41) is 3.83. The van der Waals surface area contributed by atoms with Crippen molar-refractivity contribution < 1.29 is 31.5 Å². The molecule has 12 heteroatoms. The molecule has 0 saturated carbocycles. The summed E-state index contributed by atoms with van der Waals surface area (Å²) in [7, 11) is 1.42. The molecule has 6 nitrogen and oxygen atoms in total. The van der Waals surface area contributed by atoms with Crippen LogP contribution in [0.5, 0.6) is 0 Å². The van der Waals surface area contributed by atoms with Crippen molar-refractivity contribution in [3.8, 4) is 0 Å². The van der Waals surface area contributed by atoms with Gasteiger partial charge in [-0.05, 0) is 18.9 Å². The second kappa shape index (κ2) is 9.30. The SMILES string of the molecule is CNC(=O)c1csc2c(C(F)(F)F)cc(N3CCC(OCCN4CCC(F)(F)C4)CC3)nc12. The molecule has 1 N–H and O–H groups in total. The highest BCUT2D eigenvalue weighted by atomic mass is 32.1. The van der Waals surface area contributed by atoms with Gasteiger partial charge in [0.1, 0.15) is 5.82 Å². The Hall–Kier alpha value is -2.05. The minimum Gasteiger partial charge on any atom is -0.377 e. The van der Waals surface area contributed by atoms with Crippen molar-refractivity contribution in [3.63, 3.8) is 0 Å². The predicted molar refractivity (Wildman–Crippen MR) is 115 cm³/mol. The average molecular weight is 493 g/mol. The lowest BCUT2D eigenvalue weighted by Crippen LogP contribution is -2.38. The number of fused-ring (bicyclic) bond motifs is 1. The third-order valence-corrected chi connectivity index (χ3v) is 7.06. The second-order valence-electron chi connectivity index (χ2n) is 8.37. The number of carbonyl (C=O) groups excluding carboxylic acids is 1. The smallest absolute Gasteiger partial charge is 0.377 e. The van der Waals surface area contributed by atoms with Crippen LogP contribution in [0.4, 0.5) is 27.8 Å². The molecule has 0 unspecified atom stereocenters. The van der Waals surface area contributed by atoms with Gasteiger partial charge in [-0.1, -0.05) is 0 Å². The Labute approximate surface area is 191 Å². The quantitative estimate of drug-likeness (QED) is 0.618. The highest BCUT2D eigenvalue weighted by Gasteiger charge is 2.38. The van der Waals surface area contributed by atoms with E-state index in [0.717, 1.165) is 17.4 Å². The van der Waals surface area contributed by atoms with E-state index < -0.39 is 23.6 Å². The lowest BCUT2D eigenvalue weighted by molar-refractivity contribution is -0.136. The molecule has 0 radical (unpaired) electrons. The third kappa shape index (κ3) is 5.38. The Balaban J connectivity index is 1.42. The minimum atomic E-state index is -4.57. The van der Waals surface area contributed by atoms with E-state index in [9.17, 15) is 26.7 Å². The topological polar surface area (TPSA) is 57.7 Å². The Morgan fingerprint density at radius 2 is 2.03 bits per heavy atom. The van der Waals surface area contributed by atoms with Crippen LogP contribution in [-0.2, 0) is 10.9 Å². The summed E-state index contributed by atoms with van der Waals surface area (Å²) in [5.41, 5.74) is -0.635. The number of anilines is 1. The average Bonchev–Trinajstić information content (AvgIpc) is 3.35. The predicted octanol–water partition coefficient (Wildman–Crippen LogP) is 4.00. The van der Waals surface area contributed by atoms with Gasteiger partial charge in [0.2, 0.25) is 0 Å². The molecule has 0 spiro atoms. The number of rotatable bonds is 6. The van der Waals surface area contributed by atoms with Gasteiger partial charge in [-0.3, -0.25) is 9.69 Å². The molecular weight excluding hydrogens is 467 g/mol. The highest BCUT2D eigenvalue weighted by Crippen LogP contribution is 2.40. The van der Waals surface area contributed by atoms with E-state index in [1.807, 2.05) is 0 Å². The molecule has 2 saturated heterocycles. The van der Waals surface area contributed by atoms with Gasteiger partial charge in [-0.15, -0.1) is 11.3 Å². The van der Waals surface area contributed by atoms with Gasteiger partial charge in [0.15, 0.2) is 0 Å². The molecule has 1 amide bonds. The second-order valence-corrected chi connectivity index (χ2v) is 9.25. The van der Waals surface area contributed by atoms with Crippen LogP contribution in [0.15, 0.2) is 11.4 Å². The number of piperidine rings is 1. The summed E-state index contributed by atoms with van der Waals surface area (Å²) in [6.45, 7) is 1.77. The molecule has 182 valence electrons. The summed E-state index contributed by atoms with van der Waals surface area (Å²) in [5.74, 6) is -2.94. The zero-order valence-electron chi connectivity index (χ0n) is 18.1. The maximum atomic E-state index is 13.7. The number of aromatic nitrogens is 1. The number of pyridine rings is 1. The molecule has 0 aromatic carbocycles. The Kier molecular flexibility index (Phi) is 6.79. The molecule has 0 atom stereocenters. The summed E-state index contributed by atoms with van der Waals surface area (Å²) < 4.78 is 73.5. The fourth-order valence-electron chi connectivity index (χ4n) is 4.26. The maximum absolute atomic E-state index is 13.7. The van der Waals surface area contributed by atoms with E-state index >= 15 is 0 Å². The number of halogens is 5. The van der Waals surface area contributed by atoms with Crippen molar-refractivity contribution in [2.75, 3.05) is 51.3 Å². The van der Waals surface area contributed by atoms with Gasteiger partial charge in [-0.25, -0.2) is 13.8 Å². The maximum Gasteiger partial charge on any atom is 0.417 e. The molecular formula is C21H25F5N4O2S. The van der Waals surface area contributed by atoms with Crippen molar-refractivity contribution in [2.24, 2.45) is 0 Å². The first kappa shape index (κ1) is 24.1. The molecule has 2 aliphatic heterocycles. The fourth-order valence-corrected chi connectivity index (χ4v) is 5.28. The summed E-state index contributed by atoms with van der Waals surface area (Å²) >= 11 is 0.853. The number of thiophene rings is 1. The Morgan fingerprint density at radius 3 is 2.64 bits per heavy atom. The first-order valence-corrected chi connectivity index (χ1v) is 11.6. The van der Waals surface area contributed by atoms with Gasteiger partial charge in [-0.2, -0.15) is 13.2 Å².